The molecule has 0 aromatic heterocycles. The number of nitrogens with zero attached hydrogens (tertiary/aromatic N) is 1. The summed E-state index contributed by atoms with van der Waals surface area (Å²) in [5, 5.41) is 9.13. The Morgan fingerprint density at radius 1 is 1.45 bits per heavy atom. The highest BCUT2D eigenvalue weighted by Gasteiger charge is 2.32. The van der Waals surface area contributed by atoms with E-state index in [1.54, 1.807) is 18.2 Å². The van der Waals surface area contributed by atoms with Crippen molar-refractivity contribution in [2.75, 3.05) is 26.8 Å². The Hall–Kier alpha value is -1.11. The third kappa shape index (κ3) is 2.97. The Morgan fingerprint density at radius 2 is 2.20 bits per heavy atom. The Labute approximate surface area is 120 Å². The van der Waals surface area contributed by atoms with Gasteiger partial charge in [0, 0.05) is 19.7 Å². The molecular formula is C14H21NO4S. The van der Waals surface area contributed by atoms with Crippen LogP contribution in [0.4, 0.5) is 0 Å². The predicted molar refractivity (Wildman–Crippen MR) is 76.3 cm³/mol. The van der Waals surface area contributed by atoms with Crippen LogP contribution < -0.4 is 4.74 Å². The first-order valence-electron chi connectivity index (χ1n) is 6.77. The summed E-state index contributed by atoms with van der Waals surface area (Å²) >= 11 is 0. The van der Waals surface area contributed by atoms with Gasteiger partial charge >= 0.3 is 0 Å². The highest BCUT2D eigenvalue weighted by molar-refractivity contribution is 7.89. The van der Waals surface area contributed by atoms with Crippen molar-refractivity contribution in [3.8, 4) is 5.75 Å². The highest BCUT2D eigenvalue weighted by atomic mass is 32.2. The smallest absolute Gasteiger partial charge is 0.243 e. The van der Waals surface area contributed by atoms with Gasteiger partial charge in [-0.25, -0.2) is 8.42 Å². The number of hydrogen-bond acceptors (Lipinski definition) is 4. The first-order valence-corrected chi connectivity index (χ1v) is 8.21. The van der Waals surface area contributed by atoms with E-state index in [2.05, 4.69) is 6.92 Å². The van der Waals surface area contributed by atoms with Gasteiger partial charge < -0.3 is 9.84 Å². The molecule has 0 amide bonds. The van der Waals surface area contributed by atoms with Crippen LogP contribution in [0.3, 0.4) is 0 Å². The molecule has 1 aromatic rings. The summed E-state index contributed by atoms with van der Waals surface area (Å²) in [6, 6.07) is 4.90. The van der Waals surface area contributed by atoms with Crippen LogP contribution in [0.2, 0.25) is 0 Å². The molecule has 1 saturated heterocycles. The lowest BCUT2D eigenvalue weighted by atomic mass is 10.1. The van der Waals surface area contributed by atoms with Crippen LogP contribution in [0.25, 0.3) is 0 Å². The minimum absolute atomic E-state index is 0.0912. The van der Waals surface area contributed by atoms with Gasteiger partial charge in [0.2, 0.25) is 10.0 Å². The first kappa shape index (κ1) is 15.3. The zero-order chi connectivity index (χ0) is 14.8. The topological polar surface area (TPSA) is 66.8 Å². The minimum Gasteiger partial charge on any atom is -0.497 e. The van der Waals surface area contributed by atoms with E-state index in [9.17, 15) is 8.42 Å². The number of aliphatic hydroxyl groups is 1. The van der Waals surface area contributed by atoms with E-state index in [-0.39, 0.29) is 11.5 Å². The molecule has 112 valence electrons. The number of sulfonamides is 1. The molecule has 0 saturated carbocycles. The van der Waals surface area contributed by atoms with E-state index in [1.807, 2.05) is 0 Å². The van der Waals surface area contributed by atoms with Gasteiger partial charge in [0.25, 0.3) is 0 Å². The van der Waals surface area contributed by atoms with Crippen molar-refractivity contribution in [1.82, 2.24) is 4.31 Å². The van der Waals surface area contributed by atoms with Crippen LogP contribution in [0.15, 0.2) is 23.1 Å². The summed E-state index contributed by atoms with van der Waals surface area (Å²) in [5.41, 5.74) is 0.603. The molecule has 0 aliphatic carbocycles. The zero-order valence-electron chi connectivity index (χ0n) is 11.9. The second-order valence-electron chi connectivity index (χ2n) is 5.20. The van der Waals surface area contributed by atoms with Gasteiger partial charge in [0.05, 0.1) is 12.0 Å². The molecule has 20 heavy (non-hydrogen) atoms. The van der Waals surface area contributed by atoms with Crippen molar-refractivity contribution < 1.29 is 18.3 Å². The SMILES string of the molecule is COc1ccc(S(=O)(=O)N2CCC(C)C2)c(CCO)c1. The van der Waals surface area contributed by atoms with E-state index >= 15 is 0 Å². The van der Waals surface area contributed by atoms with E-state index in [4.69, 9.17) is 9.84 Å². The Bertz CT molecular complexity index is 571. The van der Waals surface area contributed by atoms with Crippen molar-refractivity contribution in [2.45, 2.75) is 24.7 Å². The van der Waals surface area contributed by atoms with Crippen molar-refractivity contribution in [3.05, 3.63) is 23.8 Å². The molecule has 1 aliphatic rings. The zero-order valence-corrected chi connectivity index (χ0v) is 12.7. The van der Waals surface area contributed by atoms with Crippen LogP contribution in [0, 0.1) is 5.92 Å². The third-order valence-electron chi connectivity index (χ3n) is 3.65. The van der Waals surface area contributed by atoms with Gasteiger partial charge in [-0.05, 0) is 42.5 Å². The summed E-state index contributed by atoms with van der Waals surface area (Å²) in [7, 11) is -1.95. The van der Waals surface area contributed by atoms with E-state index in [0.717, 1.165) is 6.42 Å². The second kappa shape index (κ2) is 6.11. The largest absolute Gasteiger partial charge is 0.497 e. The van der Waals surface area contributed by atoms with Gasteiger partial charge in [0.15, 0.2) is 0 Å². The second-order valence-corrected chi connectivity index (χ2v) is 7.11. The fourth-order valence-corrected chi connectivity index (χ4v) is 4.31. The molecule has 0 radical (unpaired) electrons. The van der Waals surface area contributed by atoms with Gasteiger partial charge in [-0.1, -0.05) is 6.92 Å². The molecule has 1 unspecified atom stereocenters. The van der Waals surface area contributed by atoms with Crippen molar-refractivity contribution in [3.63, 3.8) is 0 Å². The van der Waals surface area contributed by atoms with E-state index in [0.29, 0.717) is 36.7 Å². The summed E-state index contributed by atoms with van der Waals surface area (Å²) in [6.07, 6.45) is 1.19. The first-order chi connectivity index (χ1) is 9.48. The molecule has 1 heterocycles. The summed E-state index contributed by atoms with van der Waals surface area (Å²) in [5.74, 6) is 0.992. The number of benzene rings is 1. The molecule has 0 bridgehead atoms. The molecule has 1 aliphatic heterocycles. The molecule has 2 rings (SSSR count). The lowest BCUT2D eigenvalue weighted by molar-refractivity contribution is 0.298. The molecule has 5 nitrogen and oxygen atoms in total. The fourth-order valence-electron chi connectivity index (χ4n) is 2.50. The number of hydrogen-bond donors (Lipinski definition) is 1. The van der Waals surface area contributed by atoms with E-state index in [1.165, 1.54) is 11.4 Å². The lowest BCUT2D eigenvalue weighted by Gasteiger charge is -2.19. The van der Waals surface area contributed by atoms with Crippen LogP contribution in [0.1, 0.15) is 18.9 Å². The summed E-state index contributed by atoms with van der Waals surface area (Å²) in [4.78, 5) is 0.279. The lowest BCUT2D eigenvalue weighted by Crippen LogP contribution is -2.29. The van der Waals surface area contributed by atoms with Crippen LogP contribution in [-0.2, 0) is 16.4 Å². The third-order valence-corrected chi connectivity index (χ3v) is 5.62. The van der Waals surface area contributed by atoms with Gasteiger partial charge in [0.1, 0.15) is 5.75 Å². The maximum atomic E-state index is 12.7. The number of methoxy groups -OCH3 is 1. The van der Waals surface area contributed by atoms with Crippen molar-refractivity contribution in [2.24, 2.45) is 5.92 Å². The van der Waals surface area contributed by atoms with Crippen LogP contribution >= 0.6 is 0 Å². The average molecular weight is 299 g/mol. The monoisotopic (exact) mass is 299 g/mol. The molecule has 0 spiro atoms. The highest BCUT2D eigenvalue weighted by Crippen LogP contribution is 2.28. The molecule has 1 N–H and O–H groups in total. The standard InChI is InChI=1S/C14H21NO4S/c1-11-5-7-15(10-11)20(17,18)14-4-3-13(19-2)9-12(14)6-8-16/h3-4,9,11,16H,5-8,10H2,1-2H3. The van der Waals surface area contributed by atoms with Gasteiger partial charge in [-0.3, -0.25) is 0 Å². The average Bonchev–Trinajstić information content (AvgIpc) is 2.86. The molecule has 6 heteroatoms. The number of aliphatic hydroxyl groups excluding tert-OH is 1. The van der Waals surface area contributed by atoms with Gasteiger partial charge in [-0.15, -0.1) is 0 Å². The maximum absolute atomic E-state index is 12.7. The van der Waals surface area contributed by atoms with Crippen LogP contribution in [0.5, 0.6) is 5.75 Å². The summed E-state index contributed by atoms with van der Waals surface area (Å²) in [6.45, 7) is 3.09. The number of rotatable bonds is 5. The fraction of sp³-hybridized carbons (Fsp3) is 0.571. The molecular weight excluding hydrogens is 278 g/mol. The van der Waals surface area contributed by atoms with Crippen molar-refractivity contribution in [1.29, 1.82) is 0 Å². The normalized spacial score (nSPS) is 20.2. The summed E-state index contributed by atoms with van der Waals surface area (Å²) < 4.78 is 32.0. The Balaban J connectivity index is 2.40. The van der Waals surface area contributed by atoms with Crippen molar-refractivity contribution >= 4 is 10.0 Å². The van der Waals surface area contributed by atoms with Crippen LogP contribution in [-0.4, -0.2) is 44.6 Å². The predicted octanol–water partition coefficient (Wildman–Crippen LogP) is 1.26. The quantitative estimate of drug-likeness (QED) is 0.889. The van der Waals surface area contributed by atoms with E-state index < -0.39 is 10.0 Å². The maximum Gasteiger partial charge on any atom is 0.243 e. The molecule has 1 aromatic carbocycles. The molecule has 1 atom stereocenters. The minimum atomic E-state index is -3.48. The Morgan fingerprint density at radius 3 is 2.75 bits per heavy atom. The number of ether oxygens (including phenoxy) is 1. The van der Waals surface area contributed by atoms with Gasteiger partial charge in [-0.2, -0.15) is 4.31 Å². The Kier molecular flexibility index (Phi) is 4.67. The molecule has 1 fully saturated rings.